The maximum Gasteiger partial charge on any atom is 0.119 e. The number of aliphatic hydroxyl groups excluding tert-OH is 2. The molecule has 3 aromatic rings. The van der Waals surface area contributed by atoms with Crippen LogP contribution < -0.4 is 18.9 Å². The second-order valence-corrected chi connectivity index (χ2v) is 12.7. The number of benzene rings is 3. The van der Waals surface area contributed by atoms with Crippen molar-refractivity contribution in [1.82, 2.24) is 19.6 Å². The van der Waals surface area contributed by atoms with Crippen molar-refractivity contribution >= 4 is 0 Å². The van der Waals surface area contributed by atoms with Crippen molar-refractivity contribution in [1.29, 1.82) is 0 Å². The van der Waals surface area contributed by atoms with E-state index in [-0.39, 0.29) is 13.2 Å². The van der Waals surface area contributed by atoms with Gasteiger partial charge < -0.3 is 29.2 Å². The maximum atomic E-state index is 10.6. The number of piperazine rings is 2. The molecule has 0 saturated carbocycles. The highest BCUT2D eigenvalue weighted by molar-refractivity contribution is 5.31. The predicted octanol–water partition coefficient (Wildman–Crippen LogP) is 3.60. The lowest BCUT2D eigenvalue weighted by Crippen LogP contribution is -2.48. The Morgan fingerprint density at radius 1 is 0.458 bits per heavy atom. The first-order chi connectivity index (χ1) is 23.4. The van der Waals surface area contributed by atoms with E-state index in [4.69, 9.17) is 18.9 Å². The van der Waals surface area contributed by atoms with E-state index >= 15 is 0 Å². The number of aliphatic hydroxyl groups is 2. The van der Waals surface area contributed by atoms with Crippen molar-refractivity contribution < 1.29 is 29.2 Å². The molecule has 0 radical (unpaired) electrons. The van der Waals surface area contributed by atoms with Crippen molar-refractivity contribution in [3.63, 3.8) is 0 Å². The van der Waals surface area contributed by atoms with Crippen molar-refractivity contribution in [3.8, 4) is 23.0 Å². The first-order valence-corrected chi connectivity index (χ1v) is 17.5. The first kappa shape index (κ1) is 35.9. The third-order valence-electron chi connectivity index (χ3n) is 8.86. The molecule has 5 rings (SSSR count). The lowest BCUT2D eigenvalue weighted by Gasteiger charge is -2.35. The molecular formula is C38H54N4O6. The zero-order valence-corrected chi connectivity index (χ0v) is 28.7. The Bertz CT molecular complexity index is 1210. The van der Waals surface area contributed by atoms with E-state index in [9.17, 15) is 10.2 Å². The van der Waals surface area contributed by atoms with Crippen LogP contribution in [0.3, 0.4) is 0 Å². The molecule has 2 saturated heterocycles. The predicted molar refractivity (Wildman–Crippen MR) is 188 cm³/mol. The Hall–Kier alpha value is -3.38. The van der Waals surface area contributed by atoms with Gasteiger partial charge in [-0.1, -0.05) is 24.3 Å². The molecule has 10 heteroatoms. The van der Waals surface area contributed by atoms with Crippen molar-refractivity contribution in [2.24, 2.45) is 0 Å². The number of rotatable bonds is 18. The fourth-order valence-electron chi connectivity index (χ4n) is 6.21. The molecule has 2 aliphatic rings. The van der Waals surface area contributed by atoms with Crippen molar-refractivity contribution in [2.75, 3.05) is 91.9 Å². The Labute approximate surface area is 286 Å². The summed E-state index contributed by atoms with van der Waals surface area (Å²) < 4.78 is 22.8. The molecule has 2 aliphatic heterocycles. The van der Waals surface area contributed by atoms with Gasteiger partial charge in [-0.25, -0.2) is 0 Å². The molecule has 0 spiro atoms. The zero-order chi connectivity index (χ0) is 33.6. The summed E-state index contributed by atoms with van der Waals surface area (Å²) in [6, 6.07) is 24.1. The quantitative estimate of drug-likeness (QED) is 0.211. The van der Waals surface area contributed by atoms with Crippen LogP contribution in [0.25, 0.3) is 0 Å². The Morgan fingerprint density at radius 2 is 0.750 bits per heavy atom. The van der Waals surface area contributed by atoms with Crippen LogP contribution in [0.1, 0.15) is 25.0 Å². The smallest absolute Gasteiger partial charge is 0.119 e. The molecular weight excluding hydrogens is 608 g/mol. The van der Waals surface area contributed by atoms with E-state index in [1.54, 1.807) is 0 Å². The number of hydrogen-bond donors (Lipinski definition) is 2. The van der Waals surface area contributed by atoms with Gasteiger partial charge in [0.2, 0.25) is 0 Å². The lowest BCUT2D eigenvalue weighted by molar-refractivity contribution is 0.0437. The van der Waals surface area contributed by atoms with Crippen LogP contribution in [0.15, 0.2) is 72.8 Å². The van der Waals surface area contributed by atoms with Gasteiger partial charge in [0, 0.05) is 78.5 Å². The topological polar surface area (TPSA) is 90.3 Å². The molecule has 0 amide bonds. The average Bonchev–Trinajstić information content (AvgIpc) is 3.10. The minimum atomic E-state index is -0.567. The fourth-order valence-corrected chi connectivity index (χ4v) is 6.21. The summed E-state index contributed by atoms with van der Waals surface area (Å²) in [5.41, 5.74) is 2.57. The monoisotopic (exact) mass is 662 g/mol. The number of ether oxygens (including phenoxy) is 4. The fraction of sp³-hybridized carbons (Fsp3) is 0.526. The van der Waals surface area contributed by atoms with Gasteiger partial charge in [0.25, 0.3) is 0 Å². The van der Waals surface area contributed by atoms with E-state index in [1.165, 1.54) is 11.1 Å². The van der Waals surface area contributed by atoms with Crippen LogP contribution in [0.2, 0.25) is 0 Å². The second-order valence-electron chi connectivity index (χ2n) is 12.7. The third kappa shape index (κ3) is 11.9. The zero-order valence-electron chi connectivity index (χ0n) is 28.7. The molecule has 2 heterocycles. The summed E-state index contributed by atoms with van der Waals surface area (Å²) in [5.74, 6) is 3.20. The van der Waals surface area contributed by atoms with Gasteiger partial charge in [0.1, 0.15) is 48.4 Å². The van der Waals surface area contributed by atoms with Crippen LogP contribution in [-0.2, 0) is 13.1 Å². The summed E-state index contributed by atoms with van der Waals surface area (Å²) >= 11 is 0. The molecule has 10 nitrogen and oxygen atoms in total. The highest BCUT2D eigenvalue weighted by atomic mass is 16.5. The summed E-state index contributed by atoms with van der Waals surface area (Å²) in [4.78, 5) is 9.50. The highest BCUT2D eigenvalue weighted by Gasteiger charge is 2.21. The molecule has 262 valence electrons. The van der Waals surface area contributed by atoms with Crippen molar-refractivity contribution in [3.05, 3.63) is 83.9 Å². The van der Waals surface area contributed by atoms with Crippen LogP contribution in [0.5, 0.6) is 23.0 Å². The van der Waals surface area contributed by atoms with E-state index in [1.807, 2.05) is 62.4 Å². The van der Waals surface area contributed by atoms with Crippen LogP contribution in [0.4, 0.5) is 0 Å². The largest absolute Gasteiger partial charge is 0.494 e. The van der Waals surface area contributed by atoms with Gasteiger partial charge in [-0.3, -0.25) is 19.6 Å². The van der Waals surface area contributed by atoms with Gasteiger partial charge in [0.05, 0.1) is 13.2 Å². The average molecular weight is 663 g/mol. The molecule has 0 aliphatic carbocycles. The summed E-state index contributed by atoms with van der Waals surface area (Å²) in [6.45, 7) is 16.4. The Balaban J connectivity index is 0.917. The first-order valence-electron chi connectivity index (χ1n) is 17.5. The van der Waals surface area contributed by atoms with Gasteiger partial charge in [-0.15, -0.1) is 0 Å². The standard InChI is InChI=1S/C38H54N4O6/c1-3-45-35-9-5-31(6-10-35)25-39-17-21-41(22-18-39)27-33(43)29-47-37-13-15-38(16-14-37)48-30-34(44)28-42-23-19-40(20-24-42)26-32-7-11-36(12-8-32)46-4-2/h5-16,33-34,43-44H,3-4,17-30H2,1-2H3/t33-,34-/m1/s1. The molecule has 0 unspecified atom stereocenters. The second kappa shape index (κ2) is 19.0. The molecule has 2 fully saturated rings. The number of hydrogen-bond acceptors (Lipinski definition) is 10. The number of nitrogens with zero attached hydrogens (tertiary/aromatic N) is 4. The number of β-amino-alcohol motifs (C(OH)–C–C–N with tert-alkyl or cyclic N) is 2. The highest BCUT2D eigenvalue weighted by Crippen LogP contribution is 2.19. The van der Waals surface area contributed by atoms with Crippen LogP contribution in [0, 0.1) is 0 Å². The minimum Gasteiger partial charge on any atom is -0.494 e. The SMILES string of the molecule is CCOc1ccc(CN2CCN(C[C@@H](O)COc3ccc(OC[C@H](O)CN4CCN(Cc5ccc(OCC)cc5)CC4)cc3)CC2)cc1. The van der Waals surface area contributed by atoms with Gasteiger partial charge in [-0.2, -0.15) is 0 Å². The molecule has 0 bridgehead atoms. The molecule has 2 N–H and O–H groups in total. The Kier molecular flexibility index (Phi) is 14.2. The van der Waals surface area contributed by atoms with Gasteiger partial charge in [-0.05, 0) is 73.5 Å². The van der Waals surface area contributed by atoms with E-state index in [2.05, 4.69) is 43.9 Å². The van der Waals surface area contributed by atoms with Crippen LogP contribution in [-0.4, -0.2) is 134 Å². The van der Waals surface area contributed by atoms with Gasteiger partial charge >= 0.3 is 0 Å². The normalized spacial score (nSPS) is 17.9. The minimum absolute atomic E-state index is 0.235. The molecule has 48 heavy (non-hydrogen) atoms. The Morgan fingerprint density at radius 3 is 1.08 bits per heavy atom. The van der Waals surface area contributed by atoms with Gasteiger partial charge in [0.15, 0.2) is 0 Å². The van der Waals surface area contributed by atoms with Crippen molar-refractivity contribution in [2.45, 2.75) is 39.1 Å². The molecule has 2 atom stereocenters. The van der Waals surface area contributed by atoms with E-state index in [0.717, 1.165) is 76.9 Å². The summed E-state index contributed by atoms with van der Waals surface area (Å²) in [5, 5.41) is 21.2. The van der Waals surface area contributed by atoms with E-state index < -0.39 is 12.2 Å². The summed E-state index contributed by atoms with van der Waals surface area (Å²) in [7, 11) is 0. The molecule has 0 aromatic heterocycles. The van der Waals surface area contributed by atoms with E-state index in [0.29, 0.717) is 37.8 Å². The maximum absolute atomic E-state index is 10.6. The van der Waals surface area contributed by atoms with Crippen LogP contribution >= 0.6 is 0 Å². The molecule has 3 aromatic carbocycles. The summed E-state index contributed by atoms with van der Waals surface area (Å²) in [6.07, 6.45) is -1.13. The third-order valence-corrected chi connectivity index (χ3v) is 8.86. The lowest BCUT2D eigenvalue weighted by atomic mass is 10.2.